The average molecular weight is 358 g/mol. The number of hydrogen-bond donors (Lipinski definition) is 1. The highest BCUT2D eigenvalue weighted by Crippen LogP contribution is 2.47. The first-order valence-electron chi connectivity index (χ1n) is 8.99. The van der Waals surface area contributed by atoms with E-state index in [1.54, 1.807) is 30.2 Å². The number of fused-ring (bicyclic) bond motifs is 2. The van der Waals surface area contributed by atoms with Crippen molar-refractivity contribution in [3.05, 3.63) is 29.3 Å². The number of hydrogen-bond acceptors (Lipinski definition) is 5. The van der Waals surface area contributed by atoms with Gasteiger partial charge in [0.15, 0.2) is 0 Å². The lowest BCUT2D eigenvalue weighted by Gasteiger charge is -2.44. The van der Waals surface area contributed by atoms with Crippen LogP contribution in [0.1, 0.15) is 57.6 Å². The van der Waals surface area contributed by atoms with Gasteiger partial charge < -0.3 is 19.5 Å². The summed E-state index contributed by atoms with van der Waals surface area (Å²) in [5.74, 6) is 0.606. The molecule has 1 amide bonds. The Kier molecular flexibility index (Phi) is 4.61. The summed E-state index contributed by atoms with van der Waals surface area (Å²) in [5, 5.41) is 20.9. The van der Waals surface area contributed by atoms with Gasteiger partial charge in [-0.25, -0.2) is 4.79 Å². The number of piperidine rings is 1. The Morgan fingerprint density at radius 2 is 1.92 bits per heavy atom. The second-order valence-corrected chi connectivity index (χ2v) is 8.24. The van der Waals surface area contributed by atoms with Crippen LogP contribution in [0.3, 0.4) is 0 Å². The molecule has 2 unspecified atom stereocenters. The van der Waals surface area contributed by atoms with Crippen LogP contribution in [0.4, 0.5) is 4.79 Å². The number of benzene rings is 1. The van der Waals surface area contributed by atoms with E-state index in [9.17, 15) is 15.2 Å². The molecule has 6 heteroatoms. The molecule has 2 atom stereocenters. The molecule has 6 nitrogen and oxygen atoms in total. The zero-order valence-corrected chi connectivity index (χ0v) is 15.8. The summed E-state index contributed by atoms with van der Waals surface area (Å²) in [4.78, 5) is 14.4. The smallest absolute Gasteiger partial charge is 0.410 e. The van der Waals surface area contributed by atoms with Crippen molar-refractivity contribution in [1.29, 1.82) is 5.26 Å². The third-order valence-electron chi connectivity index (χ3n) is 5.22. The summed E-state index contributed by atoms with van der Waals surface area (Å²) in [5.41, 5.74) is -0.673. The molecule has 2 saturated heterocycles. The van der Waals surface area contributed by atoms with E-state index in [0.717, 1.165) is 12.8 Å². The van der Waals surface area contributed by atoms with Gasteiger partial charge in [-0.05, 0) is 51.8 Å². The zero-order chi connectivity index (χ0) is 19.1. The number of ether oxygens (including phenoxy) is 2. The SMILES string of the molecule is COc1ccc(C#N)c(C2(O)CC3CCC(C2)N3C(=O)OC(C)(C)C)c1. The molecule has 2 aliphatic heterocycles. The molecule has 2 aliphatic rings. The van der Waals surface area contributed by atoms with Crippen LogP contribution >= 0.6 is 0 Å². The highest BCUT2D eigenvalue weighted by atomic mass is 16.6. The Balaban J connectivity index is 1.89. The van der Waals surface area contributed by atoms with Crippen molar-refractivity contribution < 1.29 is 19.4 Å². The summed E-state index contributed by atoms with van der Waals surface area (Å²) < 4.78 is 10.8. The van der Waals surface area contributed by atoms with Crippen molar-refractivity contribution in [3.8, 4) is 11.8 Å². The van der Waals surface area contributed by atoms with Gasteiger partial charge in [0.2, 0.25) is 0 Å². The zero-order valence-electron chi connectivity index (χ0n) is 15.8. The minimum absolute atomic E-state index is 0.0913. The molecule has 2 bridgehead atoms. The lowest BCUT2D eigenvalue weighted by molar-refractivity contribution is -0.0626. The van der Waals surface area contributed by atoms with Crippen molar-refractivity contribution >= 4 is 6.09 Å². The molecule has 1 aromatic carbocycles. The topological polar surface area (TPSA) is 82.8 Å². The quantitative estimate of drug-likeness (QED) is 0.877. The van der Waals surface area contributed by atoms with Gasteiger partial charge in [0.1, 0.15) is 11.4 Å². The summed E-state index contributed by atoms with van der Waals surface area (Å²) in [7, 11) is 1.56. The highest BCUT2D eigenvalue weighted by Gasteiger charge is 2.51. The maximum absolute atomic E-state index is 12.6. The van der Waals surface area contributed by atoms with Gasteiger partial charge in [0, 0.05) is 30.5 Å². The lowest BCUT2D eigenvalue weighted by Crippen LogP contribution is -2.53. The number of aliphatic hydroxyl groups is 1. The molecule has 26 heavy (non-hydrogen) atoms. The second-order valence-electron chi connectivity index (χ2n) is 8.24. The number of nitrogens with zero attached hydrogens (tertiary/aromatic N) is 2. The van der Waals surface area contributed by atoms with E-state index < -0.39 is 11.2 Å². The number of nitriles is 1. The maximum Gasteiger partial charge on any atom is 0.410 e. The number of carbonyl (C=O) groups is 1. The van der Waals surface area contributed by atoms with Crippen LogP contribution in [0.2, 0.25) is 0 Å². The van der Waals surface area contributed by atoms with Gasteiger partial charge in [-0.3, -0.25) is 0 Å². The molecule has 140 valence electrons. The molecule has 3 rings (SSSR count). The summed E-state index contributed by atoms with van der Waals surface area (Å²) >= 11 is 0. The van der Waals surface area contributed by atoms with Crippen LogP contribution in [0.15, 0.2) is 18.2 Å². The average Bonchev–Trinajstić information content (AvgIpc) is 2.85. The Bertz CT molecular complexity index is 733. The second kappa shape index (κ2) is 6.48. The maximum atomic E-state index is 12.6. The molecule has 2 heterocycles. The summed E-state index contributed by atoms with van der Waals surface area (Å²) in [6.45, 7) is 5.55. The van der Waals surface area contributed by atoms with E-state index in [1.807, 2.05) is 20.8 Å². The van der Waals surface area contributed by atoms with Crippen molar-refractivity contribution in [2.75, 3.05) is 7.11 Å². The third-order valence-corrected chi connectivity index (χ3v) is 5.22. The van der Waals surface area contributed by atoms with Gasteiger partial charge in [-0.2, -0.15) is 5.26 Å². The number of amides is 1. The van der Waals surface area contributed by atoms with E-state index in [-0.39, 0.29) is 18.2 Å². The molecular formula is C20H26N2O4. The fourth-order valence-electron chi connectivity index (χ4n) is 4.19. The van der Waals surface area contributed by atoms with E-state index in [1.165, 1.54) is 0 Å². The molecular weight excluding hydrogens is 332 g/mol. The first-order valence-corrected chi connectivity index (χ1v) is 8.99. The van der Waals surface area contributed by atoms with Crippen LogP contribution in [-0.2, 0) is 10.3 Å². The van der Waals surface area contributed by atoms with Crippen molar-refractivity contribution in [3.63, 3.8) is 0 Å². The van der Waals surface area contributed by atoms with Crippen molar-refractivity contribution in [2.45, 2.75) is 69.7 Å². The van der Waals surface area contributed by atoms with Crippen LogP contribution in [0.25, 0.3) is 0 Å². The number of carbonyl (C=O) groups excluding carboxylic acids is 1. The Labute approximate surface area is 154 Å². The molecule has 0 aliphatic carbocycles. The van der Waals surface area contributed by atoms with E-state index >= 15 is 0 Å². The van der Waals surface area contributed by atoms with Crippen LogP contribution in [0.5, 0.6) is 5.75 Å². The third kappa shape index (κ3) is 3.36. The first-order chi connectivity index (χ1) is 12.2. The molecule has 1 N–H and O–H groups in total. The highest BCUT2D eigenvalue weighted by molar-refractivity contribution is 5.70. The Morgan fingerprint density at radius 1 is 1.31 bits per heavy atom. The molecule has 2 fully saturated rings. The largest absolute Gasteiger partial charge is 0.497 e. The predicted molar refractivity (Wildman–Crippen MR) is 95.7 cm³/mol. The van der Waals surface area contributed by atoms with Crippen LogP contribution in [-0.4, -0.2) is 40.9 Å². The molecule has 0 spiro atoms. The molecule has 1 aromatic rings. The molecule has 0 radical (unpaired) electrons. The minimum atomic E-state index is -1.15. The minimum Gasteiger partial charge on any atom is -0.497 e. The fraction of sp³-hybridized carbons (Fsp3) is 0.600. The van der Waals surface area contributed by atoms with Crippen LogP contribution < -0.4 is 4.74 Å². The van der Waals surface area contributed by atoms with Crippen LogP contribution in [0, 0.1) is 11.3 Å². The van der Waals surface area contributed by atoms with Gasteiger partial charge in [0.05, 0.1) is 24.3 Å². The lowest BCUT2D eigenvalue weighted by atomic mass is 9.78. The monoisotopic (exact) mass is 358 g/mol. The molecule has 0 saturated carbocycles. The fourth-order valence-corrected chi connectivity index (χ4v) is 4.19. The van der Waals surface area contributed by atoms with Gasteiger partial charge >= 0.3 is 6.09 Å². The van der Waals surface area contributed by atoms with E-state index in [4.69, 9.17) is 9.47 Å². The van der Waals surface area contributed by atoms with Crippen molar-refractivity contribution in [1.82, 2.24) is 4.90 Å². The van der Waals surface area contributed by atoms with Crippen molar-refractivity contribution in [2.24, 2.45) is 0 Å². The Morgan fingerprint density at radius 3 is 2.42 bits per heavy atom. The Hall–Kier alpha value is -2.26. The van der Waals surface area contributed by atoms with Gasteiger partial charge in [-0.1, -0.05) is 0 Å². The number of rotatable bonds is 2. The normalized spacial score (nSPS) is 27.8. The first kappa shape index (κ1) is 18.5. The van der Waals surface area contributed by atoms with E-state index in [0.29, 0.717) is 29.7 Å². The van der Waals surface area contributed by atoms with Gasteiger partial charge in [-0.15, -0.1) is 0 Å². The summed E-state index contributed by atoms with van der Waals surface area (Å²) in [6.07, 6.45) is 2.13. The predicted octanol–water partition coefficient (Wildman–Crippen LogP) is 3.32. The molecule has 0 aromatic heterocycles. The summed E-state index contributed by atoms with van der Waals surface area (Å²) in [6, 6.07) is 7.11. The number of methoxy groups -OCH3 is 1. The van der Waals surface area contributed by atoms with E-state index in [2.05, 4.69) is 6.07 Å². The standard InChI is InChI=1S/C20H26N2O4/c1-19(2,3)26-18(23)22-14-6-7-15(22)11-20(24,10-14)17-9-16(25-4)8-5-13(17)12-21/h5,8-9,14-15,24H,6-7,10-11H2,1-4H3. The van der Waals surface area contributed by atoms with Gasteiger partial charge in [0.25, 0.3) is 0 Å².